The van der Waals surface area contributed by atoms with E-state index in [1.807, 2.05) is 0 Å². The van der Waals surface area contributed by atoms with Crippen molar-refractivity contribution in [2.45, 2.75) is 31.8 Å². The van der Waals surface area contributed by atoms with Gasteiger partial charge in [-0.3, -0.25) is 9.59 Å². The first-order chi connectivity index (χ1) is 13.3. The second-order valence-electron chi connectivity index (χ2n) is 6.74. The number of hydrogen-bond donors (Lipinski definition) is 3. The maximum absolute atomic E-state index is 12.7. The normalized spacial score (nSPS) is 17.3. The molecule has 28 heavy (non-hydrogen) atoms. The second-order valence-corrected chi connectivity index (χ2v) is 6.74. The monoisotopic (exact) mass is 384 g/mol. The Morgan fingerprint density at radius 3 is 2.50 bits per heavy atom. The Morgan fingerprint density at radius 2 is 1.82 bits per heavy atom. The molecule has 0 spiro atoms. The number of likely N-dealkylation sites (tertiary alicyclic amines) is 1. The average molecular weight is 384 g/mol. The number of rotatable bonds is 5. The molecule has 1 aliphatic rings. The maximum Gasteiger partial charge on any atom is 0.337 e. The fraction of sp³-hybridized carbons (Fsp3) is 0.300. The van der Waals surface area contributed by atoms with Crippen LogP contribution in [0.25, 0.3) is 10.8 Å². The minimum Gasteiger partial charge on any atom is -0.480 e. The second kappa shape index (κ2) is 7.67. The highest BCUT2D eigenvalue weighted by atomic mass is 16.4. The van der Waals surface area contributed by atoms with E-state index in [1.165, 1.54) is 17.9 Å². The van der Waals surface area contributed by atoms with Gasteiger partial charge in [0.1, 0.15) is 12.1 Å². The van der Waals surface area contributed by atoms with Crippen LogP contribution in [-0.4, -0.2) is 57.5 Å². The highest BCUT2D eigenvalue weighted by molar-refractivity contribution is 6.13. The van der Waals surface area contributed by atoms with Gasteiger partial charge < -0.3 is 20.4 Å². The molecule has 2 amide bonds. The van der Waals surface area contributed by atoms with Gasteiger partial charge in [0.15, 0.2) is 0 Å². The molecular formula is C20H20N2O6. The topological polar surface area (TPSA) is 124 Å². The van der Waals surface area contributed by atoms with E-state index in [4.69, 9.17) is 0 Å². The predicted octanol–water partition coefficient (Wildman–Crippen LogP) is 1.73. The Bertz CT molecular complexity index is 970. The summed E-state index contributed by atoms with van der Waals surface area (Å²) in [6.07, 6.45) is 0.951. The Kier molecular flexibility index (Phi) is 5.30. The molecule has 8 nitrogen and oxygen atoms in total. The summed E-state index contributed by atoms with van der Waals surface area (Å²) in [5.41, 5.74) is -0.193. The van der Waals surface area contributed by atoms with Gasteiger partial charge in [0.25, 0.3) is 5.91 Å². The summed E-state index contributed by atoms with van der Waals surface area (Å²) in [7, 11) is 0. The maximum atomic E-state index is 12.7. The molecule has 1 fully saturated rings. The van der Waals surface area contributed by atoms with Gasteiger partial charge in [-0.1, -0.05) is 30.3 Å². The van der Waals surface area contributed by atoms with Crippen molar-refractivity contribution in [2.75, 3.05) is 6.54 Å². The van der Waals surface area contributed by atoms with Gasteiger partial charge in [-0.15, -0.1) is 0 Å². The van der Waals surface area contributed by atoms with Crippen LogP contribution in [0.5, 0.6) is 0 Å². The van der Waals surface area contributed by atoms with Crippen molar-refractivity contribution >= 4 is 34.5 Å². The Hall–Kier alpha value is -3.42. The Morgan fingerprint density at radius 1 is 1.11 bits per heavy atom. The lowest BCUT2D eigenvalue weighted by atomic mass is 9.98. The van der Waals surface area contributed by atoms with Crippen molar-refractivity contribution in [3.8, 4) is 0 Å². The molecule has 2 atom stereocenters. The van der Waals surface area contributed by atoms with Crippen LogP contribution >= 0.6 is 0 Å². The lowest BCUT2D eigenvalue weighted by Crippen LogP contribution is -2.50. The van der Waals surface area contributed by atoms with Crippen molar-refractivity contribution < 1.29 is 29.4 Å². The third-order valence-corrected chi connectivity index (χ3v) is 4.93. The van der Waals surface area contributed by atoms with Gasteiger partial charge >= 0.3 is 11.9 Å². The number of aromatic carboxylic acids is 1. The Balaban J connectivity index is 1.85. The summed E-state index contributed by atoms with van der Waals surface area (Å²) >= 11 is 0. The highest BCUT2D eigenvalue weighted by Crippen LogP contribution is 2.23. The number of carboxylic acids is 2. The summed E-state index contributed by atoms with van der Waals surface area (Å²) < 4.78 is 0. The Labute approximate surface area is 160 Å². The number of carbonyl (C=O) groups is 4. The van der Waals surface area contributed by atoms with Crippen LogP contribution < -0.4 is 5.32 Å². The van der Waals surface area contributed by atoms with E-state index in [0.29, 0.717) is 30.2 Å². The molecule has 3 rings (SSSR count). The number of aliphatic carboxylic acids is 1. The lowest BCUT2D eigenvalue weighted by molar-refractivity contribution is -0.148. The molecule has 8 heteroatoms. The molecule has 0 aromatic heterocycles. The molecule has 0 bridgehead atoms. The third-order valence-electron chi connectivity index (χ3n) is 4.93. The van der Waals surface area contributed by atoms with Crippen molar-refractivity contribution in [1.29, 1.82) is 0 Å². The summed E-state index contributed by atoms with van der Waals surface area (Å²) in [5, 5.41) is 22.4. The molecule has 146 valence electrons. The zero-order valence-electron chi connectivity index (χ0n) is 15.2. The minimum atomic E-state index is -1.24. The number of nitrogens with one attached hydrogen (secondary N) is 1. The molecule has 1 aliphatic heterocycles. The van der Waals surface area contributed by atoms with E-state index < -0.39 is 35.8 Å². The van der Waals surface area contributed by atoms with Crippen LogP contribution in [0.4, 0.5) is 0 Å². The molecule has 0 saturated carbocycles. The van der Waals surface area contributed by atoms with E-state index in [-0.39, 0.29) is 11.1 Å². The third kappa shape index (κ3) is 3.53. The SMILES string of the molecule is C[C@H](NC(=O)c1ccc2ccccc2c1C(=O)O)C(=O)N1CCC[C@H]1C(=O)O. The van der Waals surface area contributed by atoms with Gasteiger partial charge in [-0.05, 0) is 36.6 Å². The quantitative estimate of drug-likeness (QED) is 0.721. The summed E-state index contributed by atoms with van der Waals surface area (Å²) in [4.78, 5) is 49.6. The largest absolute Gasteiger partial charge is 0.480 e. The number of hydrogen-bond acceptors (Lipinski definition) is 4. The number of fused-ring (bicyclic) bond motifs is 1. The molecule has 3 N–H and O–H groups in total. The number of nitrogens with zero attached hydrogens (tertiary/aromatic N) is 1. The zero-order chi connectivity index (χ0) is 20.4. The van der Waals surface area contributed by atoms with E-state index in [1.54, 1.807) is 30.3 Å². The number of amides is 2. The fourth-order valence-corrected chi connectivity index (χ4v) is 3.56. The molecule has 0 aliphatic carbocycles. The fourth-order valence-electron chi connectivity index (χ4n) is 3.56. The van der Waals surface area contributed by atoms with Crippen molar-refractivity contribution in [2.24, 2.45) is 0 Å². The highest BCUT2D eigenvalue weighted by Gasteiger charge is 2.36. The summed E-state index contributed by atoms with van der Waals surface area (Å²) in [6.45, 7) is 1.77. The van der Waals surface area contributed by atoms with Crippen LogP contribution in [0.3, 0.4) is 0 Å². The van der Waals surface area contributed by atoms with Crippen molar-refractivity contribution in [3.05, 3.63) is 47.5 Å². The van der Waals surface area contributed by atoms with E-state index in [0.717, 1.165) is 0 Å². The number of carbonyl (C=O) groups excluding carboxylic acids is 2. The first-order valence-corrected chi connectivity index (χ1v) is 8.90. The number of benzene rings is 2. The standard InChI is InChI=1S/C20H20N2O6/c1-11(18(24)22-10-4-7-15(22)19(25)26)21-17(23)14-9-8-12-5-2-3-6-13(12)16(14)20(27)28/h2-3,5-6,8-9,11,15H,4,7,10H2,1H3,(H,21,23)(H,25,26)(H,27,28)/t11-,15-/m0/s1. The van der Waals surface area contributed by atoms with Crippen LogP contribution in [0.15, 0.2) is 36.4 Å². The number of carboxylic acid groups (broad SMARTS) is 2. The zero-order valence-corrected chi connectivity index (χ0v) is 15.2. The van der Waals surface area contributed by atoms with Crippen LogP contribution in [0, 0.1) is 0 Å². The summed E-state index contributed by atoms with van der Waals surface area (Å²) in [5.74, 6) is -3.52. The molecule has 0 radical (unpaired) electrons. The molecule has 0 unspecified atom stereocenters. The van der Waals surface area contributed by atoms with Gasteiger partial charge in [0.2, 0.25) is 5.91 Å². The van der Waals surface area contributed by atoms with Gasteiger partial charge in [0.05, 0.1) is 11.1 Å². The smallest absolute Gasteiger partial charge is 0.337 e. The van der Waals surface area contributed by atoms with Gasteiger partial charge in [0, 0.05) is 6.54 Å². The van der Waals surface area contributed by atoms with E-state index >= 15 is 0 Å². The van der Waals surface area contributed by atoms with Crippen molar-refractivity contribution in [1.82, 2.24) is 10.2 Å². The van der Waals surface area contributed by atoms with E-state index in [2.05, 4.69) is 5.32 Å². The van der Waals surface area contributed by atoms with E-state index in [9.17, 15) is 29.4 Å². The summed E-state index contributed by atoms with van der Waals surface area (Å²) in [6, 6.07) is 7.98. The van der Waals surface area contributed by atoms with Gasteiger partial charge in [-0.2, -0.15) is 0 Å². The van der Waals surface area contributed by atoms with Crippen molar-refractivity contribution in [3.63, 3.8) is 0 Å². The average Bonchev–Trinajstić information content (AvgIpc) is 3.16. The van der Waals surface area contributed by atoms with Gasteiger partial charge in [-0.25, -0.2) is 9.59 Å². The molecule has 2 aromatic carbocycles. The molecule has 2 aromatic rings. The van der Waals surface area contributed by atoms with Crippen LogP contribution in [-0.2, 0) is 9.59 Å². The first kappa shape index (κ1) is 19.3. The van der Waals surface area contributed by atoms with Crippen LogP contribution in [0.1, 0.15) is 40.5 Å². The predicted molar refractivity (Wildman–Crippen MR) is 100 cm³/mol. The minimum absolute atomic E-state index is 0.0537. The lowest BCUT2D eigenvalue weighted by Gasteiger charge is -2.25. The molecular weight excluding hydrogens is 364 g/mol. The molecule has 1 saturated heterocycles. The van der Waals surface area contributed by atoms with Crippen LogP contribution in [0.2, 0.25) is 0 Å². The molecule has 1 heterocycles. The first-order valence-electron chi connectivity index (χ1n) is 8.90.